The zero-order chi connectivity index (χ0) is 6.20. The van der Waals surface area contributed by atoms with Crippen molar-refractivity contribution in [3.05, 3.63) is 0 Å². The van der Waals surface area contributed by atoms with E-state index in [1.165, 1.54) is 0 Å². The minimum Gasteiger partial charge on any atom is -0.373 e. The van der Waals surface area contributed by atoms with Gasteiger partial charge in [0.05, 0.1) is 12.7 Å². The quantitative estimate of drug-likeness (QED) is 0.505. The molecule has 0 N–H and O–H groups in total. The third-order valence-corrected chi connectivity index (χ3v) is 0.988. The molecule has 48 valence electrons. The maximum atomic E-state index is 11.9. The summed E-state index contributed by atoms with van der Waals surface area (Å²) >= 11 is 0. The van der Waals surface area contributed by atoms with Crippen molar-refractivity contribution in [3.63, 3.8) is 0 Å². The minimum atomic E-state index is -2.54. The van der Waals surface area contributed by atoms with Gasteiger partial charge in [-0.25, -0.2) is 8.78 Å². The molecule has 0 aromatic heterocycles. The van der Waals surface area contributed by atoms with Gasteiger partial charge < -0.3 is 4.74 Å². The van der Waals surface area contributed by atoms with Gasteiger partial charge >= 0.3 is 0 Å². The second kappa shape index (κ2) is 1.65. The molecule has 0 bridgehead atoms. The Bertz CT molecular complexity index is 82.9. The standard InChI is InChI=1S/C5H8F2O/c1-5(6,7)2-4-3-8-4/h4H,2-3H2,1H3. The average Bonchev–Trinajstić information content (AvgIpc) is 2.12. The summed E-state index contributed by atoms with van der Waals surface area (Å²) in [4.78, 5) is 0. The van der Waals surface area contributed by atoms with Gasteiger partial charge in [-0.2, -0.15) is 0 Å². The predicted molar refractivity (Wildman–Crippen MR) is 25.0 cm³/mol. The third-order valence-electron chi connectivity index (χ3n) is 0.988. The van der Waals surface area contributed by atoms with E-state index in [1.54, 1.807) is 0 Å². The van der Waals surface area contributed by atoms with E-state index < -0.39 is 5.92 Å². The van der Waals surface area contributed by atoms with Crippen LogP contribution in [0.5, 0.6) is 0 Å². The summed E-state index contributed by atoms with van der Waals surface area (Å²) in [6.45, 7) is 1.43. The first-order valence-corrected chi connectivity index (χ1v) is 2.57. The van der Waals surface area contributed by atoms with Gasteiger partial charge in [0.15, 0.2) is 0 Å². The Morgan fingerprint density at radius 2 is 2.25 bits per heavy atom. The number of alkyl halides is 2. The van der Waals surface area contributed by atoms with Gasteiger partial charge in [-0.15, -0.1) is 0 Å². The molecule has 0 aliphatic carbocycles. The Morgan fingerprint density at radius 3 is 2.38 bits per heavy atom. The van der Waals surface area contributed by atoms with E-state index >= 15 is 0 Å². The van der Waals surface area contributed by atoms with Gasteiger partial charge in [0.1, 0.15) is 0 Å². The highest BCUT2D eigenvalue weighted by Crippen LogP contribution is 2.26. The van der Waals surface area contributed by atoms with E-state index in [4.69, 9.17) is 0 Å². The first-order valence-electron chi connectivity index (χ1n) is 2.57. The molecule has 0 aromatic carbocycles. The van der Waals surface area contributed by atoms with Crippen molar-refractivity contribution in [1.29, 1.82) is 0 Å². The lowest BCUT2D eigenvalue weighted by atomic mass is 10.2. The Morgan fingerprint density at radius 1 is 1.75 bits per heavy atom. The number of rotatable bonds is 2. The van der Waals surface area contributed by atoms with E-state index in [2.05, 4.69) is 4.74 Å². The highest BCUT2D eigenvalue weighted by atomic mass is 19.3. The summed E-state index contributed by atoms with van der Waals surface area (Å²) in [5.41, 5.74) is 0. The van der Waals surface area contributed by atoms with Gasteiger partial charge in [0.25, 0.3) is 0 Å². The number of epoxide rings is 1. The minimum absolute atomic E-state index is 0.118. The molecule has 0 aromatic rings. The van der Waals surface area contributed by atoms with Crippen LogP contribution in [-0.4, -0.2) is 18.6 Å². The summed E-state index contributed by atoms with van der Waals surface area (Å²) in [6.07, 6.45) is -0.275. The zero-order valence-corrected chi connectivity index (χ0v) is 4.66. The van der Waals surface area contributed by atoms with Crippen LogP contribution in [0.15, 0.2) is 0 Å². The molecule has 0 radical (unpaired) electrons. The monoisotopic (exact) mass is 122 g/mol. The number of halogens is 2. The second-order valence-corrected chi connectivity index (χ2v) is 2.23. The summed E-state index contributed by atoms with van der Waals surface area (Å²) in [5.74, 6) is -2.54. The molecular weight excluding hydrogens is 114 g/mol. The Balaban J connectivity index is 2.16. The molecule has 8 heavy (non-hydrogen) atoms. The first kappa shape index (κ1) is 5.95. The highest BCUT2D eigenvalue weighted by molar-refractivity contribution is 4.75. The smallest absolute Gasteiger partial charge is 0.248 e. The second-order valence-electron chi connectivity index (χ2n) is 2.23. The van der Waals surface area contributed by atoms with Gasteiger partial charge in [-0.05, 0) is 6.92 Å². The highest BCUT2D eigenvalue weighted by Gasteiger charge is 2.33. The normalized spacial score (nSPS) is 28.1. The molecule has 0 spiro atoms. The van der Waals surface area contributed by atoms with Crippen molar-refractivity contribution in [2.75, 3.05) is 6.61 Å². The summed E-state index contributed by atoms with van der Waals surface area (Å²) in [5, 5.41) is 0. The molecule has 1 unspecified atom stereocenters. The van der Waals surface area contributed by atoms with Gasteiger partial charge in [0, 0.05) is 6.42 Å². The molecule has 1 rings (SSSR count). The van der Waals surface area contributed by atoms with Crippen LogP contribution in [0.2, 0.25) is 0 Å². The van der Waals surface area contributed by atoms with Crippen LogP contribution in [-0.2, 0) is 4.74 Å². The largest absolute Gasteiger partial charge is 0.373 e. The summed E-state index contributed by atoms with van der Waals surface area (Å²) in [7, 11) is 0. The molecule has 3 heteroatoms. The van der Waals surface area contributed by atoms with Gasteiger partial charge in [-0.3, -0.25) is 0 Å². The predicted octanol–water partition coefficient (Wildman–Crippen LogP) is 1.43. The van der Waals surface area contributed by atoms with Crippen LogP contribution >= 0.6 is 0 Å². The molecule has 1 aliphatic rings. The summed E-state index contributed by atoms with van der Waals surface area (Å²) in [6, 6.07) is 0. The van der Waals surface area contributed by atoms with E-state index in [-0.39, 0.29) is 12.5 Å². The molecular formula is C5H8F2O. The fourth-order valence-corrected chi connectivity index (χ4v) is 0.586. The topological polar surface area (TPSA) is 12.5 Å². The first-order chi connectivity index (χ1) is 3.58. The van der Waals surface area contributed by atoms with Crippen LogP contribution in [0.4, 0.5) is 8.78 Å². The maximum Gasteiger partial charge on any atom is 0.248 e. The fraction of sp³-hybridized carbons (Fsp3) is 1.00. The number of hydrogen-bond donors (Lipinski definition) is 0. The van der Waals surface area contributed by atoms with Crippen molar-refractivity contribution in [2.24, 2.45) is 0 Å². The van der Waals surface area contributed by atoms with Crippen LogP contribution < -0.4 is 0 Å². The Hall–Kier alpha value is -0.180. The molecule has 0 saturated carbocycles. The summed E-state index contributed by atoms with van der Waals surface area (Å²) < 4.78 is 28.5. The van der Waals surface area contributed by atoms with Crippen molar-refractivity contribution in [1.82, 2.24) is 0 Å². The Labute approximate surface area is 46.6 Å². The molecule has 1 nitrogen and oxygen atoms in total. The van der Waals surface area contributed by atoms with Crippen molar-refractivity contribution >= 4 is 0 Å². The van der Waals surface area contributed by atoms with Crippen molar-refractivity contribution in [2.45, 2.75) is 25.4 Å². The third kappa shape index (κ3) is 2.21. The molecule has 1 atom stereocenters. The fourth-order valence-electron chi connectivity index (χ4n) is 0.586. The van der Waals surface area contributed by atoms with Crippen molar-refractivity contribution in [3.8, 4) is 0 Å². The molecule has 1 heterocycles. The van der Waals surface area contributed by atoms with Crippen LogP contribution in [0, 0.1) is 0 Å². The van der Waals surface area contributed by atoms with E-state index in [9.17, 15) is 8.78 Å². The molecule has 1 aliphatic heterocycles. The zero-order valence-electron chi connectivity index (χ0n) is 4.66. The van der Waals surface area contributed by atoms with Crippen LogP contribution in [0.25, 0.3) is 0 Å². The van der Waals surface area contributed by atoms with Gasteiger partial charge in [-0.1, -0.05) is 0 Å². The lowest BCUT2D eigenvalue weighted by Gasteiger charge is -2.05. The lowest BCUT2D eigenvalue weighted by molar-refractivity contribution is 0.00593. The van der Waals surface area contributed by atoms with Crippen LogP contribution in [0.1, 0.15) is 13.3 Å². The molecule has 0 amide bonds. The maximum absolute atomic E-state index is 11.9. The number of hydrogen-bond acceptors (Lipinski definition) is 1. The van der Waals surface area contributed by atoms with E-state index in [0.717, 1.165) is 6.92 Å². The molecule has 1 saturated heterocycles. The average molecular weight is 122 g/mol. The number of ether oxygens (including phenoxy) is 1. The Kier molecular flexibility index (Phi) is 1.23. The van der Waals surface area contributed by atoms with Gasteiger partial charge in [0.2, 0.25) is 5.92 Å². The SMILES string of the molecule is CC(F)(F)CC1CO1. The van der Waals surface area contributed by atoms with E-state index in [1.807, 2.05) is 0 Å². The lowest BCUT2D eigenvalue weighted by Crippen LogP contribution is -2.12. The van der Waals surface area contributed by atoms with Crippen molar-refractivity contribution < 1.29 is 13.5 Å². The van der Waals surface area contributed by atoms with Crippen LogP contribution in [0.3, 0.4) is 0 Å². The van der Waals surface area contributed by atoms with E-state index in [0.29, 0.717) is 6.61 Å². The molecule has 1 fully saturated rings.